The second-order valence-corrected chi connectivity index (χ2v) is 9.72. The molecule has 0 spiro atoms. The lowest BCUT2D eigenvalue weighted by molar-refractivity contribution is -0.383. The van der Waals surface area contributed by atoms with Crippen LogP contribution in [0, 0.1) is 10.1 Å². The van der Waals surface area contributed by atoms with Crippen molar-refractivity contribution in [2.75, 3.05) is 22.8 Å². The average Bonchev–Trinajstić information content (AvgIpc) is 2.78. The molecule has 2 atom stereocenters. The second-order valence-electron chi connectivity index (χ2n) is 9.53. The zero-order valence-corrected chi connectivity index (χ0v) is 20.3. The maximum absolute atomic E-state index is 13.6. The van der Waals surface area contributed by atoms with E-state index < -0.39 is 41.3 Å². The monoisotopic (exact) mass is 533 g/mol. The van der Waals surface area contributed by atoms with E-state index in [1.54, 1.807) is 6.07 Å². The van der Waals surface area contributed by atoms with Gasteiger partial charge in [0.15, 0.2) is 0 Å². The number of nitrogens with one attached hydrogen (secondary N) is 1. The number of aromatic nitrogens is 1. The molecule has 1 saturated carbocycles. The van der Waals surface area contributed by atoms with E-state index in [0.717, 1.165) is 12.1 Å². The van der Waals surface area contributed by atoms with E-state index in [1.807, 2.05) is 18.7 Å². The Morgan fingerprint density at radius 2 is 1.89 bits per heavy atom. The number of hydrogen-bond acceptors (Lipinski definition) is 6. The molecule has 1 aromatic carbocycles. The summed E-state index contributed by atoms with van der Waals surface area (Å²) in [4.78, 5) is 21.2. The standard InChI is InChI=1S/C23H25ClF5N5O2/c1-13-11-33(19-5-6-30-21(31-24)20(19)34(35)36)14(2)10-32(13)12-15-3-4-17(23(27,28)29)7-18(15)16-8-22(25,26)9-16/h3-7,13-14,16H,8-12H2,1-2H3,(H,30,31)/t13-,14+/m1/s1. The Labute approximate surface area is 209 Å². The maximum Gasteiger partial charge on any atom is 0.416 e. The largest absolute Gasteiger partial charge is 0.416 e. The Morgan fingerprint density at radius 1 is 1.19 bits per heavy atom. The molecule has 2 aliphatic rings. The molecular weight excluding hydrogens is 509 g/mol. The predicted octanol–water partition coefficient (Wildman–Crippen LogP) is 6.19. The highest BCUT2D eigenvalue weighted by Gasteiger charge is 2.47. The fraction of sp³-hybridized carbons (Fsp3) is 0.522. The molecule has 1 saturated heterocycles. The summed E-state index contributed by atoms with van der Waals surface area (Å²) in [7, 11) is 0. The van der Waals surface area contributed by atoms with Gasteiger partial charge >= 0.3 is 11.9 Å². The van der Waals surface area contributed by atoms with Crippen LogP contribution in [0.1, 0.15) is 49.3 Å². The first-order valence-corrected chi connectivity index (χ1v) is 11.8. The normalized spacial score (nSPS) is 22.8. The molecule has 1 aromatic heterocycles. The van der Waals surface area contributed by atoms with Crippen molar-refractivity contribution >= 4 is 29.0 Å². The SMILES string of the molecule is C[C@@H]1CN(c2ccnc(NCl)c2[N+](=O)[O-])[C@@H](C)CN1Cc1ccc(C(F)(F)F)cc1C1CC(F)(F)C1. The van der Waals surface area contributed by atoms with Gasteiger partial charge in [0, 0.05) is 62.5 Å². The summed E-state index contributed by atoms with van der Waals surface area (Å²) in [6.07, 6.45) is -4.09. The van der Waals surface area contributed by atoms with Crippen molar-refractivity contribution in [2.24, 2.45) is 0 Å². The molecule has 2 aromatic rings. The first-order valence-electron chi connectivity index (χ1n) is 11.4. The molecule has 0 amide bonds. The van der Waals surface area contributed by atoms with E-state index in [2.05, 4.69) is 14.7 Å². The van der Waals surface area contributed by atoms with E-state index in [4.69, 9.17) is 11.8 Å². The van der Waals surface area contributed by atoms with Crippen molar-refractivity contribution in [2.45, 2.75) is 63.3 Å². The van der Waals surface area contributed by atoms with Crippen LogP contribution in [0.5, 0.6) is 0 Å². The number of hydrogen-bond donors (Lipinski definition) is 1. The van der Waals surface area contributed by atoms with E-state index in [-0.39, 0.29) is 30.1 Å². The summed E-state index contributed by atoms with van der Waals surface area (Å²) in [5, 5.41) is 11.7. The number of nitro groups is 1. The van der Waals surface area contributed by atoms with Gasteiger partial charge in [-0.2, -0.15) is 13.2 Å². The molecule has 4 rings (SSSR count). The predicted molar refractivity (Wildman–Crippen MR) is 125 cm³/mol. The van der Waals surface area contributed by atoms with Crippen LogP contribution in [0.3, 0.4) is 0 Å². The first kappa shape index (κ1) is 26.3. The van der Waals surface area contributed by atoms with E-state index >= 15 is 0 Å². The van der Waals surface area contributed by atoms with Gasteiger partial charge in [-0.15, -0.1) is 0 Å². The number of pyridine rings is 1. The zero-order chi connectivity index (χ0) is 26.4. The van der Waals surface area contributed by atoms with Crippen LogP contribution in [0.2, 0.25) is 0 Å². The fourth-order valence-corrected chi connectivity index (χ4v) is 5.21. The highest BCUT2D eigenvalue weighted by atomic mass is 35.5. The summed E-state index contributed by atoms with van der Waals surface area (Å²) in [5.41, 5.74) is 0.136. The van der Waals surface area contributed by atoms with Crippen molar-refractivity contribution in [1.29, 1.82) is 0 Å². The Balaban J connectivity index is 1.58. The molecule has 2 heterocycles. The molecule has 2 fully saturated rings. The summed E-state index contributed by atoms with van der Waals surface area (Å²) < 4.78 is 67.1. The quantitative estimate of drug-likeness (QED) is 0.207. The molecule has 0 radical (unpaired) electrons. The van der Waals surface area contributed by atoms with Gasteiger partial charge in [0.25, 0.3) is 0 Å². The van der Waals surface area contributed by atoms with Crippen LogP contribution in [-0.4, -0.2) is 45.9 Å². The van der Waals surface area contributed by atoms with Gasteiger partial charge in [0.05, 0.1) is 10.5 Å². The van der Waals surface area contributed by atoms with E-state index in [1.165, 1.54) is 12.3 Å². The fourth-order valence-electron chi connectivity index (χ4n) is 5.07. The van der Waals surface area contributed by atoms with Gasteiger partial charge in [-0.25, -0.2) is 13.8 Å². The van der Waals surface area contributed by atoms with E-state index in [0.29, 0.717) is 29.9 Å². The van der Waals surface area contributed by atoms with Crippen LogP contribution in [0.25, 0.3) is 0 Å². The van der Waals surface area contributed by atoms with Crippen LogP contribution in [-0.2, 0) is 12.7 Å². The lowest BCUT2D eigenvalue weighted by Gasteiger charge is -2.45. The number of halogens is 6. The summed E-state index contributed by atoms with van der Waals surface area (Å²) in [6, 6.07) is 4.57. The summed E-state index contributed by atoms with van der Waals surface area (Å²) in [5.74, 6) is -3.57. The Morgan fingerprint density at radius 3 is 2.47 bits per heavy atom. The maximum atomic E-state index is 13.6. The Hall–Kier alpha value is -2.73. The van der Waals surface area contributed by atoms with Crippen LogP contribution >= 0.6 is 11.8 Å². The number of rotatable bonds is 6. The first-order chi connectivity index (χ1) is 16.8. The number of alkyl halides is 5. The summed E-state index contributed by atoms with van der Waals surface area (Å²) >= 11 is 5.62. The van der Waals surface area contributed by atoms with Gasteiger partial charge in [0.2, 0.25) is 11.7 Å². The molecule has 1 aliphatic carbocycles. The topological polar surface area (TPSA) is 74.5 Å². The Kier molecular flexibility index (Phi) is 7.04. The zero-order valence-electron chi connectivity index (χ0n) is 19.5. The smallest absolute Gasteiger partial charge is 0.360 e. The lowest BCUT2D eigenvalue weighted by atomic mass is 9.74. The molecule has 36 heavy (non-hydrogen) atoms. The molecule has 1 aliphatic heterocycles. The third kappa shape index (κ3) is 5.19. The molecule has 196 valence electrons. The minimum absolute atomic E-state index is 0.0758. The van der Waals surface area contributed by atoms with E-state index in [9.17, 15) is 32.1 Å². The molecule has 13 heteroatoms. The highest BCUT2D eigenvalue weighted by molar-refractivity contribution is 6.24. The second kappa shape index (κ2) is 9.62. The number of benzene rings is 1. The number of nitrogens with zero attached hydrogens (tertiary/aromatic N) is 4. The van der Waals surface area contributed by atoms with Crippen molar-refractivity contribution in [1.82, 2.24) is 9.88 Å². The minimum atomic E-state index is -4.57. The van der Waals surface area contributed by atoms with Crippen LogP contribution in [0.15, 0.2) is 30.5 Å². The van der Waals surface area contributed by atoms with Crippen molar-refractivity contribution in [3.8, 4) is 0 Å². The van der Waals surface area contributed by atoms with Gasteiger partial charge in [-0.05, 0) is 49.1 Å². The highest BCUT2D eigenvalue weighted by Crippen LogP contribution is 2.50. The molecule has 1 N–H and O–H groups in total. The average molecular weight is 534 g/mol. The number of anilines is 2. The third-order valence-corrected chi connectivity index (χ3v) is 7.16. The minimum Gasteiger partial charge on any atom is -0.360 e. The third-order valence-electron chi connectivity index (χ3n) is 6.98. The van der Waals surface area contributed by atoms with Gasteiger partial charge in [-0.3, -0.25) is 19.9 Å². The van der Waals surface area contributed by atoms with Crippen LogP contribution in [0.4, 0.5) is 39.1 Å². The number of piperazine rings is 1. The van der Waals surface area contributed by atoms with Gasteiger partial charge < -0.3 is 4.90 Å². The van der Waals surface area contributed by atoms with Crippen molar-refractivity contribution in [3.05, 3.63) is 57.3 Å². The molecule has 7 nitrogen and oxygen atoms in total. The Bertz CT molecular complexity index is 1140. The lowest BCUT2D eigenvalue weighted by Crippen LogP contribution is -2.56. The van der Waals surface area contributed by atoms with Gasteiger partial charge in [-0.1, -0.05) is 6.07 Å². The molecule has 0 unspecified atom stereocenters. The van der Waals surface area contributed by atoms with Crippen LogP contribution < -0.4 is 9.74 Å². The molecular formula is C23H25ClF5N5O2. The molecule has 0 bridgehead atoms. The van der Waals surface area contributed by atoms with Crippen molar-refractivity contribution < 1.29 is 26.9 Å². The van der Waals surface area contributed by atoms with Crippen molar-refractivity contribution in [3.63, 3.8) is 0 Å². The van der Waals surface area contributed by atoms with Gasteiger partial charge in [0.1, 0.15) is 5.69 Å². The summed E-state index contributed by atoms with van der Waals surface area (Å²) in [6.45, 7) is 4.92.